The minimum atomic E-state index is -0.194. The highest BCUT2D eigenvalue weighted by Gasteiger charge is 2.14. The molecule has 1 amide bonds. The minimum Gasteiger partial charge on any atom is -0.506 e. The van der Waals surface area contributed by atoms with Crippen LogP contribution in [0.2, 0.25) is 0 Å². The van der Waals surface area contributed by atoms with Gasteiger partial charge >= 0.3 is 0 Å². The highest BCUT2D eigenvalue weighted by Crippen LogP contribution is 2.17. The van der Waals surface area contributed by atoms with Crippen LogP contribution in [0.1, 0.15) is 42.5 Å². The summed E-state index contributed by atoms with van der Waals surface area (Å²) < 4.78 is 5.54. The number of aromatic nitrogens is 1. The number of pyridine rings is 1. The Morgan fingerprint density at radius 2 is 2.37 bits per heavy atom. The van der Waals surface area contributed by atoms with Gasteiger partial charge in [-0.05, 0) is 38.2 Å². The molecule has 1 atom stereocenters. The first-order valence-corrected chi connectivity index (χ1v) is 6.79. The van der Waals surface area contributed by atoms with Crippen LogP contribution in [0.4, 0.5) is 0 Å². The quantitative estimate of drug-likeness (QED) is 0.769. The molecule has 2 rings (SSSR count). The second kappa shape index (κ2) is 7.09. The summed E-state index contributed by atoms with van der Waals surface area (Å²) in [4.78, 5) is 15.5. The third-order valence-electron chi connectivity index (χ3n) is 3.25. The highest BCUT2D eigenvalue weighted by atomic mass is 16.5. The van der Waals surface area contributed by atoms with E-state index in [0.29, 0.717) is 18.2 Å². The summed E-state index contributed by atoms with van der Waals surface area (Å²) in [7, 11) is 0. The van der Waals surface area contributed by atoms with Gasteiger partial charge in [-0.3, -0.25) is 9.78 Å². The van der Waals surface area contributed by atoms with Gasteiger partial charge in [0.05, 0.1) is 17.9 Å². The van der Waals surface area contributed by atoms with Gasteiger partial charge in [0.2, 0.25) is 0 Å². The van der Waals surface area contributed by atoms with E-state index < -0.39 is 0 Å². The van der Waals surface area contributed by atoms with E-state index in [0.717, 1.165) is 25.9 Å². The number of nitrogens with zero attached hydrogens (tertiary/aromatic N) is 1. The first kappa shape index (κ1) is 13.8. The SMILES string of the molecule is O=C(NCCCC[C@@H]1CCCO1)c1cncc(O)c1. The molecular weight excluding hydrogens is 244 g/mol. The van der Waals surface area contributed by atoms with E-state index in [1.807, 2.05) is 0 Å². The molecule has 0 bridgehead atoms. The molecule has 0 aliphatic carbocycles. The van der Waals surface area contributed by atoms with Crippen LogP contribution in [0.3, 0.4) is 0 Å². The number of ether oxygens (including phenoxy) is 1. The van der Waals surface area contributed by atoms with E-state index in [2.05, 4.69) is 10.3 Å². The van der Waals surface area contributed by atoms with Crippen molar-refractivity contribution in [3.05, 3.63) is 24.0 Å². The van der Waals surface area contributed by atoms with E-state index in [9.17, 15) is 9.90 Å². The normalized spacial score (nSPS) is 18.4. The van der Waals surface area contributed by atoms with Crippen LogP contribution in [0.15, 0.2) is 18.5 Å². The standard InChI is InChI=1S/C14H20N2O3/c17-12-8-11(9-15-10-12)14(18)16-6-2-1-4-13-5-3-7-19-13/h8-10,13,17H,1-7H2,(H,16,18)/t13-/m1/s1. The molecule has 0 unspecified atom stereocenters. The van der Waals surface area contributed by atoms with Gasteiger partial charge in [0, 0.05) is 19.3 Å². The average molecular weight is 264 g/mol. The zero-order valence-electron chi connectivity index (χ0n) is 11.0. The molecule has 1 aromatic heterocycles. The first-order valence-electron chi connectivity index (χ1n) is 6.79. The summed E-state index contributed by atoms with van der Waals surface area (Å²) >= 11 is 0. The number of amides is 1. The van der Waals surface area contributed by atoms with Crippen molar-refractivity contribution in [1.82, 2.24) is 10.3 Å². The molecule has 5 nitrogen and oxygen atoms in total. The number of unbranched alkanes of at least 4 members (excludes halogenated alkanes) is 1. The molecule has 1 fully saturated rings. The van der Waals surface area contributed by atoms with Gasteiger partial charge in [0.25, 0.3) is 5.91 Å². The van der Waals surface area contributed by atoms with Crippen LogP contribution >= 0.6 is 0 Å². The number of aromatic hydroxyl groups is 1. The van der Waals surface area contributed by atoms with E-state index in [1.54, 1.807) is 0 Å². The second-order valence-corrected chi connectivity index (χ2v) is 4.82. The lowest BCUT2D eigenvalue weighted by Crippen LogP contribution is -2.24. The van der Waals surface area contributed by atoms with Gasteiger partial charge in [0.1, 0.15) is 5.75 Å². The maximum atomic E-state index is 11.7. The Bertz CT molecular complexity index is 417. The molecule has 0 spiro atoms. The number of carbonyl (C=O) groups excluding carboxylic acids is 1. The zero-order valence-corrected chi connectivity index (χ0v) is 11.0. The van der Waals surface area contributed by atoms with Crippen LogP contribution in [-0.4, -0.2) is 35.3 Å². The molecule has 0 aromatic carbocycles. The van der Waals surface area contributed by atoms with E-state index in [1.165, 1.54) is 31.3 Å². The fraction of sp³-hybridized carbons (Fsp3) is 0.571. The molecule has 19 heavy (non-hydrogen) atoms. The third-order valence-corrected chi connectivity index (χ3v) is 3.25. The first-order chi connectivity index (χ1) is 9.25. The average Bonchev–Trinajstić information content (AvgIpc) is 2.91. The molecule has 0 saturated carbocycles. The summed E-state index contributed by atoms with van der Waals surface area (Å²) in [5.74, 6) is -0.188. The van der Waals surface area contributed by atoms with Crippen LogP contribution in [0.25, 0.3) is 0 Å². The number of hydrogen-bond acceptors (Lipinski definition) is 4. The fourth-order valence-electron chi connectivity index (χ4n) is 2.22. The smallest absolute Gasteiger partial charge is 0.252 e. The predicted molar refractivity (Wildman–Crippen MR) is 71.1 cm³/mol. The Balaban J connectivity index is 1.61. The molecule has 1 aliphatic heterocycles. The van der Waals surface area contributed by atoms with E-state index in [-0.39, 0.29) is 11.7 Å². The van der Waals surface area contributed by atoms with Gasteiger partial charge < -0.3 is 15.2 Å². The van der Waals surface area contributed by atoms with E-state index in [4.69, 9.17) is 4.74 Å². The van der Waals surface area contributed by atoms with E-state index >= 15 is 0 Å². The molecular formula is C14H20N2O3. The van der Waals surface area contributed by atoms with Crippen LogP contribution in [0.5, 0.6) is 5.75 Å². The zero-order chi connectivity index (χ0) is 13.5. The fourth-order valence-corrected chi connectivity index (χ4v) is 2.22. The Morgan fingerprint density at radius 3 is 3.11 bits per heavy atom. The molecule has 2 N–H and O–H groups in total. The van der Waals surface area contributed by atoms with Crippen molar-refractivity contribution in [2.24, 2.45) is 0 Å². The Labute approximate surface area is 113 Å². The lowest BCUT2D eigenvalue weighted by molar-refractivity contribution is 0.0946. The topological polar surface area (TPSA) is 71.5 Å². The lowest BCUT2D eigenvalue weighted by atomic mass is 10.1. The molecule has 1 aliphatic rings. The number of hydrogen-bond donors (Lipinski definition) is 2. The Hall–Kier alpha value is -1.62. The summed E-state index contributed by atoms with van der Waals surface area (Å²) in [5.41, 5.74) is 0.388. The van der Waals surface area contributed by atoms with Crippen molar-refractivity contribution in [3.8, 4) is 5.75 Å². The van der Waals surface area contributed by atoms with Crippen molar-refractivity contribution in [2.75, 3.05) is 13.2 Å². The summed E-state index contributed by atoms with van der Waals surface area (Å²) in [6.45, 7) is 1.53. The largest absolute Gasteiger partial charge is 0.506 e. The predicted octanol–water partition coefficient (Wildman–Crippen LogP) is 1.87. The van der Waals surface area contributed by atoms with Crippen molar-refractivity contribution < 1.29 is 14.6 Å². The van der Waals surface area contributed by atoms with Crippen molar-refractivity contribution in [2.45, 2.75) is 38.2 Å². The second-order valence-electron chi connectivity index (χ2n) is 4.82. The van der Waals surface area contributed by atoms with Gasteiger partial charge in [-0.2, -0.15) is 0 Å². The third kappa shape index (κ3) is 4.52. The summed E-state index contributed by atoms with van der Waals surface area (Å²) in [5, 5.41) is 12.1. The van der Waals surface area contributed by atoms with Crippen molar-refractivity contribution >= 4 is 5.91 Å². The summed E-state index contributed by atoms with van der Waals surface area (Å²) in [6, 6.07) is 1.41. The molecule has 2 heterocycles. The minimum absolute atomic E-state index is 0.00559. The molecule has 1 saturated heterocycles. The van der Waals surface area contributed by atoms with Gasteiger partial charge in [-0.1, -0.05) is 0 Å². The van der Waals surface area contributed by atoms with Crippen molar-refractivity contribution in [1.29, 1.82) is 0 Å². The Kier molecular flexibility index (Phi) is 5.15. The Morgan fingerprint density at radius 1 is 1.47 bits per heavy atom. The van der Waals surface area contributed by atoms with Crippen LogP contribution < -0.4 is 5.32 Å². The molecule has 0 radical (unpaired) electrons. The summed E-state index contributed by atoms with van der Waals surface area (Å²) in [6.07, 6.45) is 8.59. The number of nitrogens with one attached hydrogen (secondary N) is 1. The van der Waals surface area contributed by atoms with Gasteiger partial charge in [0.15, 0.2) is 0 Å². The molecule has 104 valence electrons. The highest BCUT2D eigenvalue weighted by molar-refractivity contribution is 5.94. The van der Waals surface area contributed by atoms with Gasteiger partial charge in [-0.25, -0.2) is 0 Å². The maximum Gasteiger partial charge on any atom is 0.252 e. The van der Waals surface area contributed by atoms with Crippen LogP contribution in [0, 0.1) is 0 Å². The number of rotatable bonds is 6. The number of carbonyl (C=O) groups is 1. The molecule has 1 aromatic rings. The van der Waals surface area contributed by atoms with Gasteiger partial charge in [-0.15, -0.1) is 0 Å². The monoisotopic (exact) mass is 264 g/mol. The molecule has 5 heteroatoms. The van der Waals surface area contributed by atoms with Crippen molar-refractivity contribution in [3.63, 3.8) is 0 Å². The lowest BCUT2D eigenvalue weighted by Gasteiger charge is -2.09. The van der Waals surface area contributed by atoms with Crippen LogP contribution in [-0.2, 0) is 4.74 Å². The maximum absolute atomic E-state index is 11.7.